The molecule has 0 spiro atoms. The molecule has 2 aliphatic rings. The molecule has 166 valence electrons. The highest BCUT2D eigenvalue weighted by Crippen LogP contribution is 2.38. The zero-order valence-corrected chi connectivity index (χ0v) is 17.5. The number of piperazine rings is 1. The molecule has 1 saturated heterocycles. The van der Waals surface area contributed by atoms with Crippen LogP contribution >= 0.6 is 0 Å². The van der Waals surface area contributed by atoms with Gasteiger partial charge >= 0.3 is 5.69 Å². The maximum Gasteiger partial charge on any atom is 0.312 e. The molecule has 2 aliphatic heterocycles. The van der Waals surface area contributed by atoms with E-state index in [1.54, 1.807) is 6.07 Å². The Balaban J connectivity index is 1.45. The summed E-state index contributed by atoms with van der Waals surface area (Å²) in [5, 5.41) is 21.4. The summed E-state index contributed by atoms with van der Waals surface area (Å²) in [5.74, 6) is 1.14. The molecule has 2 heterocycles. The number of methoxy groups -OCH3 is 1. The van der Waals surface area contributed by atoms with Crippen molar-refractivity contribution in [2.75, 3.05) is 40.1 Å². The minimum atomic E-state index is -3.89. The van der Waals surface area contributed by atoms with Crippen LogP contribution in [0, 0.1) is 10.1 Å². The van der Waals surface area contributed by atoms with Gasteiger partial charge in [0.1, 0.15) is 5.75 Å². The summed E-state index contributed by atoms with van der Waals surface area (Å²) in [6.45, 7) is 1.83. The third-order valence-electron chi connectivity index (χ3n) is 5.28. The van der Waals surface area contributed by atoms with Gasteiger partial charge in [-0.15, -0.1) is 0 Å². The summed E-state index contributed by atoms with van der Waals surface area (Å²) in [6, 6.07) is 6.83. The Morgan fingerprint density at radius 1 is 1.13 bits per heavy atom. The highest BCUT2D eigenvalue weighted by molar-refractivity contribution is 7.89. The van der Waals surface area contributed by atoms with Gasteiger partial charge < -0.3 is 19.3 Å². The minimum Gasteiger partial charge on any atom is -0.507 e. The molecule has 12 heteroatoms. The van der Waals surface area contributed by atoms with Gasteiger partial charge in [-0.05, 0) is 18.2 Å². The first-order valence-electron chi connectivity index (χ1n) is 9.46. The minimum absolute atomic E-state index is 0.00250. The van der Waals surface area contributed by atoms with E-state index in [1.807, 2.05) is 4.90 Å². The maximum atomic E-state index is 13.0. The fourth-order valence-corrected chi connectivity index (χ4v) is 5.03. The Morgan fingerprint density at radius 2 is 1.81 bits per heavy atom. The number of benzene rings is 2. The lowest BCUT2D eigenvalue weighted by Crippen LogP contribution is -2.48. The number of phenols is 1. The second-order valence-electron chi connectivity index (χ2n) is 7.11. The second kappa shape index (κ2) is 8.21. The molecule has 0 atom stereocenters. The van der Waals surface area contributed by atoms with E-state index >= 15 is 0 Å². The molecular formula is C19H21N3O8S. The van der Waals surface area contributed by atoms with Gasteiger partial charge in [0, 0.05) is 50.4 Å². The van der Waals surface area contributed by atoms with Crippen LogP contribution < -0.4 is 14.2 Å². The van der Waals surface area contributed by atoms with Crippen LogP contribution in [0.25, 0.3) is 0 Å². The number of hydrogen-bond acceptors (Lipinski definition) is 9. The number of sulfonamides is 1. The van der Waals surface area contributed by atoms with Crippen LogP contribution in [0.4, 0.5) is 5.69 Å². The zero-order valence-electron chi connectivity index (χ0n) is 16.7. The van der Waals surface area contributed by atoms with Gasteiger partial charge in [0.15, 0.2) is 17.2 Å². The van der Waals surface area contributed by atoms with Crippen LogP contribution in [0.3, 0.4) is 0 Å². The Bertz CT molecular complexity index is 1110. The van der Waals surface area contributed by atoms with Crippen molar-refractivity contribution in [3.05, 3.63) is 46.0 Å². The first kappa shape index (κ1) is 21.2. The van der Waals surface area contributed by atoms with Crippen molar-refractivity contribution >= 4 is 15.7 Å². The van der Waals surface area contributed by atoms with E-state index in [0.717, 1.165) is 6.07 Å². The standard InChI is InChI=1S/C19H21N3O8S/c1-28-17-3-2-14(9-15(17)22(24)25)31(26,27)21-6-4-20(5-7-21)11-13-8-18-19(10-16(13)23)30-12-29-18/h2-3,8-10,23H,4-7,11-12H2,1H3. The molecule has 0 amide bonds. The number of phenolic OH excluding ortho intramolecular Hbond substituents is 1. The van der Waals surface area contributed by atoms with Crippen molar-refractivity contribution in [2.45, 2.75) is 11.4 Å². The van der Waals surface area contributed by atoms with E-state index in [1.165, 1.54) is 29.6 Å². The summed E-state index contributed by atoms with van der Waals surface area (Å²) < 4.78 is 42.8. The highest BCUT2D eigenvalue weighted by atomic mass is 32.2. The molecular weight excluding hydrogens is 430 g/mol. The molecule has 2 aromatic rings. The Kier molecular flexibility index (Phi) is 5.60. The monoisotopic (exact) mass is 451 g/mol. The third kappa shape index (κ3) is 4.09. The molecule has 0 aliphatic carbocycles. The fraction of sp³-hybridized carbons (Fsp3) is 0.368. The molecule has 1 N–H and O–H groups in total. The van der Waals surface area contributed by atoms with E-state index in [-0.39, 0.29) is 36.3 Å². The largest absolute Gasteiger partial charge is 0.507 e. The molecule has 11 nitrogen and oxygen atoms in total. The lowest BCUT2D eigenvalue weighted by atomic mass is 10.1. The molecule has 0 aromatic heterocycles. The van der Waals surface area contributed by atoms with Crippen LogP contribution in [0.2, 0.25) is 0 Å². The van der Waals surface area contributed by atoms with E-state index in [4.69, 9.17) is 14.2 Å². The van der Waals surface area contributed by atoms with E-state index in [9.17, 15) is 23.6 Å². The van der Waals surface area contributed by atoms with Crippen molar-refractivity contribution in [1.82, 2.24) is 9.21 Å². The molecule has 1 fully saturated rings. The van der Waals surface area contributed by atoms with E-state index in [2.05, 4.69) is 0 Å². The second-order valence-corrected chi connectivity index (χ2v) is 9.04. The smallest absolute Gasteiger partial charge is 0.312 e. The zero-order chi connectivity index (χ0) is 22.2. The van der Waals surface area contributed by atoms with Crippen LogP contribution in [0.15, 0.2) is 35.2 Å². The summed E-state index contributed by atoms with van der Waals surface area (Å²) in [4.78, 5) is 12.4. The van der Waals surface area contributed by atoms with Crippen molar-refractivity contribution in [2.24, 2.45) is 0 Å². The number of fused-ring (bicyclic) bond motifs is 1. The molecule has 0 bridgehead atoms. The lowest BCUT2D eigenvalue weighted by Gasteiger charge is -2.34. The first-order chi connectivity index (χ1) is 14.8. The van der Waals surface area contributed by atoms with Crippen molar-refractivity contribution in [3.8, 4) is 23.0 Å². The van der Waals surface area contributed by atoms with Crippen molar-refractivity contribution in [3.63, 3.8) is 0 Å². The SMILES string of the molecule is COc1ccc(S(=O)(=O)N2CCN(Cc3cc4c(cc3O)OCO4)CC2)cc1[N+](=O)[O-]. The van der Waals surface area contributed by atoms with Crippen molar-refractivity contribution in [1.29, 1.82) is 0 Å². The highest BCUT2D eigenvalue weighted by Gasteiger charge is 2.31. The van der Waals surface area contributed by atoms with Gasteiger partial charge in [0.25, 0.3) is 0 Å². The van der Waals surface area contributed by atoms with Crippen LogP contribution in [-0.2, 0) is 16.6 Å². The van der Waals surface area contributed by atoms with Gasteiger partial charge in [-0.1, -0.05) is 0 Å². The maximum absolute atomic E-state index is 13.0. The summed E-state index contributed by atoms with van der Waals surface area (Å²) in [6.07, 6.45) is 0. The molecule has 31 heavy (non-hydrogen) atoms. The lowest BCUT2D eigenvalue weighted by molar-refractivity contribution is -0.386. The number of hydrogen-bond donors (Lipinski definition) is 1. The number of nitro groups is 1. The van der Waals surface area contributed by atoms with E-state index in [0.29, 0.717) is 36.7 Å². The van der Waals surface area contributed by atoms with Gasteiger partial charge in [-0.3, -0.25) is 15.0 Å². The van der Waals surface area contributed by atoms with Crippen molar-refractivity contribution < 1.29 is 32.7 Å². The Hall–Kier alpha value is -3.09. The summed E-state index contributed by atoms with van der Waals surface area (Å²) in [5.41, 5.74) is 0.256. The van der Waals surface area contributed by atoms with Gasteiger partial charge in [-0.25, -0.2) is 8.42 Å². The molecule has 0 radical (unpaired) electrons. The number of nitro benzene ring substituents is 1. The first-order valence-corrected chi connectivity index (χ1v) is 10.9. The molecule has 2 aromatic carbocycles. The topological polar surface area (TPSA) is 132 Å². The predicted molar refractivity (Wildman–Crippen MR) is 108 cm³/mol. The predicted octanol–water partition coefficient (Wildman–Crippen LogP) is 1.54. The molecule has 0 unspecified atom stereocenters. The van der Waals surface area contributed by atoms with Crippen LogP contribution in [-0.4, -0.2) is 67.7 Å². The molecule has 0 saturated carbocycles. The quantitative estimate of drug-likeness (QED) is 0.513. The van der Waals surface area contributed by atoms with Crippen LogP contribution in [0.5, 0.6) is 23.0 Å². The van der Waals surface area contributed by atoms with Crippen LogP contribution in [0.1, 0.15) is 5.56 Å². The summed E-state index contributed by atoms with van der Waals surface area (Å²) >= 11 is 0. The number of rotatable bonds is 6. The van der Waals surface area contributed by atoms with Gasteiger partial charge in [-0.2, -0.15) is 4.31 Å². The third-order valence-corrected chi connectivity index (χ3v) is 7.18. The Morgan fingerprint density at radius 3 is 2.45 bits per heavy atom. The van der Waals surface area contributed by atoms with Gasteiger partial charge in [0.05, 0.1) is 16.9 Å². The average Bonchev–Trinajstić information content (AvgIpc) is 3.20. The van der Waals surface area contributed by atoms with Gasteiger partial charge in [0.2, 0.25) is 16.8 Å². The number of nitrogens with zero attached hydrogens (tertiary/aromatic N) is 3. The normalized spacial score (nSPS) is 16.9. The number of ether oxygens (including phenoxy) is 3. The summed E-state index contributed by atoms with van der Waals surface area (Å²) in [7, 11) is -2.61. The number of aromatic hydroxyl groups is 1. The Labute approximate surface area is 178 Å². The fourth-order valence-electron chi connectivity index (χ4n) is 3.59. The average molecular weight is 451 g/mol. The van der Waals surface area contributed by atoms with E-state index < -0.39 is 20.6 Å². The molecule has 4 rings (SSSR count).